The molecule has 0 heterocycles. The lowest BCUT2D eigenvalue weighted by Crippen LogP contribution is -2.19. The average molecular weight is 278 g/mol. The van der Waals surface area contributed by atoms with E-state index in [-0.39, 0.29) is 5.78 Å². The Morgan fingerprint density at radius 1 is 1.00 bits per heavy atom. The van der Waals surface area contributed by atoms with Crippen molar-refractivity contribution in [3.05, 3.63) is 65.7 Å². The van der Waals surface area contributed by atoms with Gasteiger partial charge in [0.1, 0.15) is 11.5 Å². The van der Waals surface area contributed by atoms with Crippen molar-refractivity contribution in [3.8, 4) is 5.75 Å². The molecule has 0 fully saturated rings. The summed E-state index contributed by atoms with van der Waals surface area (Å²) in [6.45, 7) is 0. The molecular weight excluding hydrogens is 264 g/mol. The summed E-state index contributed by atoms with van der Waals surface area (Å²) < 4.78 is 5.25. The van der Waals surface area contributed by atoms with Crippen molar-refractivity contribution in [2.24, 2.45) is 5.10 Å². The zero-order chi connectivity index (χ0) is 14.7. The second-order valence-corrected chi connectivity index (χ2v) is 4.56. The highest BCUT2D eigenvalue weighted by Crippen LogP contribution is 2.24. The molecule has 0 spiro atoms. The van der Waals surface area contributed by atoms with Gasteiger partial charge in [-0.2, -0.15) is 5.10 Å². The molecule has 0 bridgehead atoms. The molecule has 0 saturated carbocycles. The van der Waals surface area contributed by atoms with Gasteiger partial charge in [-0.15, -0.1) is 0 Å². The quantitative estimate of drug-likeness (QED) is 0.878. The zero-order valence-corrected chi connectivity index (χ0v) is 11.5. The summed E-state index contributed by atoms with van der Waals surface area (Å²) in [5, 5.41) is 4.27. The standard InChI is InChI=1S/C17H14N2O2/c1-21-16-9-5-4-8-14(16)18-19-17-13-7-3-2-6-12(13)10-11-15(17)20/h2-11,18H,1H3/b19-17-. The van der Waals surface area contributed by atoms with Crippen LogP contribution in [0.2, 0.25) is 0 Å². The highest BCUT2D eigenvalue weighted by molar-refractivity contribution is 6.52. The minimum atomic E-state index is -0.115. The van der Waals surface area contributed by atoms with E-state index in [2.05, 4.69) is 10.5 Å². The van der Waals surface area contributed by atoms with Crippen LogP contribution in [-0.4, -0.2) is 18.6 Å². The third kappa shape index (κ3) is 2.56. The van der Waals surface area contributed by atoms with Crippen molar-refractivity contribution in [1.82, 2.24) is 0 Å². The first-order valence-electron chi connectivity index (χ1n) is 6.58. The third-order valence-electron chi connectivity index (χ3n) is 3.26. The number of nitrogens with one attached hydrogen (secondary N) is 1. The van der Waals surface area contributed by atoms with E-state index < -0.39 is 0 Å². The minimum Gasteiger partial charge on any atom is -0.495 e. The van der Waals surface area contributed by atoms with E-state index in [1.165, 1.54) is 6.08 Å². The van der Waals surface area contributed by atoms with Crippen LogP contribution in [0.4, 0.5) is 5.69 Å². The molecular formula is C17H14N2O2. The number of rotatable bonds is 3. The number of hydrogen-bond acceptors (Lipinski definition) is 4. The van der Waals surface area contributed by atoms with Crippen LogP contribution >= 0.6 is 0 Å². The van der Waals surface area contributed by atoms with E-state index in [1.807, 2.05) is 48.5 Å². The van der Waals surface area contributed by atoms with Gasteiger partial charge in [-0.25, -0.2) is 0 Å². The Kier molecular flexibility index (Phi) is 3.51. The molecule has 21 heavy (non-hydrogen) atoms. The number of carbonyl (C=O) groups excluding carboxylic acids is 1. The SMILES string of the molecule is COc1ccccc1N/N=C1\C(=O)C=Cc2ccccc21. The summed E-state index contributed by atoms with van der Waals surface area (Å²) in [4.78, 5) is 12.0. The maximum Gasteiger partial charge on any atom is 0.206 e. The Hall–Kier alpha value is -2.88. The van der Waals surface area contributed by atoms with E-state index in [4.69, 9.17) is 4.74 Å². The lowest BCUT2D eigenvalue weighted by atomic mass is 9.95. The first-order chi connectivity index (χ1) is 10.3. The lowest BCUT2D eigenvalue weighted by molar-refractivity contribution is -0.108. The van der Waals surface area contributed by atoms with Gasteiger partial charge in [-0.05, 0) is 23.8 Å². The van der Waals surface area contributed by atoms with Gasteiger partial charge in [0.2, 0.25) is 5.78 Å². The second kappa shape index (κ2) is 5.63. The van der Waals surface area contributed by atoms with Gasteiger partial charge < -0.3 is 4.74 Å². The Morgan fingerprint density at radius 2 is 1.76 bits per heavy atom. The van der Waals surface area contributed by atoms with Crippen LogP contribution in [0.25, 0.3) is 6.08 Å². The van der Waals surface area contributed by atoms with E-state index in [9.17, 15) is 4.79 Å². The highest BCUT2D eigenvalue weighted by atomic mass is 16.5. The number of para-hydroxylation sites is 2. The fourth-order valence-electron chi connectivity index (χ4n) is 2.20. The third-order valence-corrected chi connectivity index (χ3v) is 3.26. The average Bonchev–Trinajstić information content (AvgIpc) is 2.54. The number of nitrogens with zero attached hydrogens (tertiary/aromatic N) is 1. The number of ketones is 1. The number of carbonyl (C=O) groups is 1. The van der Waals surface area contributed by atoms with Gasteiger partial charge in [0.25, 0.3) is 0 Å². The van der Waals surface area contributed by atoms with Crippen LogP contribution in [0.1, 0.15) is 11.1 Å². The van der Waals surface area contributed by atoms with Crippen LogP contribution in [0.5, 0.6) is 5.75 Å². The van der Waals surface area contributed by atoms with Crippen molar-refractivity contribution < 1.29 is 9.53 Å². The molecule has 0 aromatic heterocycles. The maximum absolute atomic E-state index is 12.0. The Balaban J connectivity index is 1.96. The van der Waals surface area contributed by atoms with Crippen molar-refractivity contribution in [2.75, 3.05) is 12.5 Å². The van der Waals surface area contributed by atoms with Crippen molar-refractivity contribution in [1.29, 1.82) is 0 Å². The smallest absolute Gasteiger partial charge is 0.206 e. The summed E-state index contributed by atoms with van der Waals surface area (Å²) in [7, 11) is 1.59. The molecule has 2 aromatic rings. The van der Waals surface area contributed by atoms with E-state index in [1.54, 1.807) is 13.2 Å². The highest BCUT2D eigenvalue weighted by Gasteiger charge is 2.18. The molecule has 0 aliphatic heterocycles. The molecule has 1 N–H and O–H groups in total. The van der Waals surface area contributed by atoms with Gasteiger partial charge >= 0.3 is 0 Å². The number of hydrogen-bond donors (Lipinski definition) is 1. The Bertz CT molecular complexity index is 748. The predicted octanol–water partition coefficient (Wildman–Crippen LogP) is 3.11. The first kappa shape index (κ1) is 13.1. The number of benzene rings is 2. The molecule has 3 rings (SSSR count). The maximum atomic E-state index is 12.0. The second-order valence-electron chi connectivity index (χ2n) is 4.56. The van der Waals surface area contributed by atoms with Crippen LogP contribution in [0.3, 0.4) is 0 Å². The molecule has 0 saturated heterocycles. The molecule has 2 aromatic carbocycles. The fraction of sp³-hybridized carbons (Fsp3) is 0.0588. The van der Waals surface area contributed by atoms with Crippen LogP contribution in [-0.2, 0) is 4.79 Å². The lowest BCUT2D eigenvalue weighted by Gasteiger charge is -2.13. The van der Waals surface area contributed by atoms with E-state index in [0.717, 1.165) is 11.1 Å². The summed E-state index contributed by atoms with van der Waals surface area (Å²) in [6, 6.07) is 15.1. The molecule has 4 heteroatoms. The van der Waals surface area contributed by atoms with Gasteiger partial charge in [0.05, 0.1) is 12.8 Å². The number of hydrazone groups is 1. The van der Waals surface area contributed by atoms with E-state index >= 15 is 0 Å². The zero-order valence-electron chi connectivity index (χ0n) is 11.5. The molecule has 0 unspecified atom stereocenters. The van der Waals surface area contributed by atoms with Gasteiger partial charge in [0, 0.05) is 5.56 Å². The number of methoxy groups -OCH3 is 1. The number of allylic oxidation sites excluding steroid dienone is 1. The Labute approximate surface area is 122 Å². The van der Waals surface area contributed by atoms with Crippen molar-refractivity contribution >= 4 is 23.3 Å². The summed E-state index contributed by atoms with van der Waals surface area (Å²) in [5.74, 6) is 0.560. The van der Waals surface area contributed by atoms with Crippen LogP contribution < -0.4 is 10.2 Å². The number of fused-ring (bicyclic) bond motifs is 1. The number of ether oxygens (including phenoxy) is 1. The largest absolute Gasteiger partial charge is 0.495 e. The van der Waals surface area contributed by atoms with Crippen molar-refractivity contribution in [2.45, 2.75) is 0 Å². The molecule has 4 nitrogen and oxygen atoms in total. The summed E-state index contributed by atoms with van der Waals surface area (Å²) in [6.07, 6.45) is 3.34. The van der Waals surface area contributed by atoms with Crippen LogP contribution in [0.15, 0.2) is 59.7 Å². The summed E-state index contributed by atoms with van der Waals surface area (Å²) in [5.41, 5.74) is 5.84. The molecule has 0 radical (unpaired) electrons. The normalized spacial score (nSPS) is 14.9. The van der Waals surface area contributed by atoms with Gasteiger partial charge in [0.15, 0.2) is 0 Å². The molecule has 104 valence electrons. The number of anilines is 1. The Morgan fingerprint density at radius 3 is 2.62 bits per heavy atom. The van der Waals surface area contributed by atoms with Crippen LogP contribution in [0, 0.1) is 0 Å². The fourth-order valence-corrected chi connectivity index (χ4v) is 2.20. The minimum absolute atomic E-state index is 0.115. The van der Waals surface area contributed by atoms with Crippen molar-refractivity contribution in [3.63, 3.8) is 0 Å². The van der Waals surface area contributed by atoms with E-state index in [0.29, 0.717) is 17.1 Å². The van der Waals surface area contributed by atoms with Gasteiger partial charge in [-0.1, -0.05) is 42.5 Å². The molecule has 1 aliphatic rings. The molecule has 1 aliphatic carbocycles. The first-order valence-corrected chi connectivity index (χ1v) is 6.58. The molecule has 0 amide bonds. The molecule has 0 atom stereocenters. The predicted molar refractivity (Wildman–Crippen MR) is 83.6 cm³/mol. The van der Waals surface area contributed by atoms with Gasteiger partial charge in [-0.3, -0.25) is 10.2 Å². The monoisotopic (exact) mass is 278 g/mol. The summed E-state index contributed by atoms with van der Waals surface area (Å²) >= 11 is 0. The topological polar surface area (TPSA) is 50.7 Å².